The predicted octanol–water partition coefficient (Wildman–Crippen LogP) is 2.75. The first-order valence-corrected chi connectivity index (χ1v) is 7.40. The molecule has 0 bridgehead atoms. The molecule has 4 nitrogen and oxygen atoms in total. The normalized spacial score (nSPS) is 17.8. The zero-order valence-corrected chi connectivity index (χ0v) is 11.8. The average Bonchev–Trinajstić information content (AvgIpc) is 2.49. The van der Waals surface area contributed by atoms with Crippen molar-refractivity contribution in [3.8, 4) is 0 Å². The molecule has 0 saturated heterocycles. The highest BCUT2D eigenvalue weighted by Crippen LogP contribution is 2.20. The molecular formula is C16H23NO3. The van der Waals surface area contributed by atoms with Crippen LogP contribution >= 0.6 is 0 Å². The summed E-state index contributed by atoms with van der Waals surface area (Å²) in [6.45, 7) is 1.13. The van der Waals surface area contributed by atoms with Gasteiger partial charge < -0.3 is 9.84 Å². The van der Waals surface area contributed by atoms with E-state index in [4.69, 9.17) is 4.74 Å². The number of hydrogen-bond donors (Lipinski definition) is 2. The molecule has 1 unspecified atom stereocenters. The topological polar surface area (TPSA) is 58.6 Å². The fourth-order valence-corrected chi connectivity index (χ4v) is 2.65. The number of carbonyl (C=O) groups is 1. The summed E-state index contributed by atoms with van der Waals surface area (Å²) in [4.78, 5) is 11.3. The minimum atomic E-state index is -0.853. The van der Waals surface area contributed by atoms with Crippen LogP contribution < -0.4 is 5.32 Å². The largest absolute Gasteiger partial charge is 0.480 e. The van der Waals surface area contributed by atoms with E-state index in [1.165, 1.54) is 19.3 Å². The number of ether oxygens (including phenoxy) is 1. The van der Waals surface area contributed by atoms with Crippen LogP contribution in [0.15, 0.2) is 30.3 Å². The number of benzene rings is 1. The molecule has 1 fully saturated rings. The van der Waals surface area contributed by atoms with Gasteiger partial charge in [0.25, 0.3) is 0 Å². The van der Waals surface area contributed by atoms with Crippen LogP contribution in [0.3, 0.4) is 0 Å². The van der Waals surface area contributed by atoms with Crippen LogP contribution in [0.4, 0.5) is 0 Å². The molecule has 1 aromatic rings. The van der Waals surface area contributed by atoms with Gasteiger partial charge in [-0.3, -0.25) is 10.1 Å². The van der Waals surface area contributed by atoms with Gasteiger partial charge in [0.1, 0.15) is 6.04 Å². The summed E-state index contributed by atoms with van der Waals surface area (Å²) < 4.78 is 5.79. The Morgan fingerprint density at radius 2 is 1.95 bits per heavy atom. The smallest absolute Gasteiger partial charge is 0.325 e. The first-order chi connectivity index (χ1) is 9.77. The number of aliphatic carboxylic acids is 1. The molecule has 2 N–H and O–H groups in total. The maximum atomic E-state index is 11.3. The second-order valence-corrected chi connectivity index (χ2v) is 5.27. The number of hydrogen-bond acceptors (Lipinski definition) is 3. The van der Waals surface area contributed by atoms with Crippen LogP contribution in [0.5, 0.6) is 0 Å². The highest BCUT2D eigenvalue weighted by Gasteiger charge is 2.19. The van der Waals surface area contributed by atoms with Gasteiger partial charge in [0.2, 0.25) is 0 Å². The van der Waals surface area contributed by atoms with Gasteiger partial charge >= 0.3 is 5.97 Å². The number of carboxylic acid groups (broad SMARTS) is 1. The van der Waals surface area contributed by atoms with Gasteiger partial charge in [0, 0.05) is 6.54 Å². The second kappa shape index (κ2) is 8.02. The highest BCUT2D eigenvalue weighted by atomic mass is 16.5. The lowest BCUT2D eigenvalue weighted by Gasteiger charge is -2.22. The fourth-order valence-electron chi connectivity index (χ4n) is 2.65. The Labute approximate surface area is 120 Å². The van der Waals surface area contributed by atoms with Gasteiger partial charge in [-0.1, -0.05) is 49.6 Å². The van der Waals surface area contributed by atoms with Crippen LogP contribution in [0.1, 0.15) is 43.7 Å². The van der Waals surface area contributed by atoms with E-state index in [1.807, 2.05) is 30.3 Å². The first-order valence-electron chi connectivity index (χ1n) is 7.40. The van der Waals surface area contributed by atoms with E-state index in [-0.39, 0.29) is 0 Å². The molecule has 1 saturated carbocycles. The average molecular weight is 277 g/mol. The maximum absolute atomic E-state index is 11.3. The Morgan fingerprint density at radius 1 is 1.25 bits per heavy atom. The lowest BCUT2D eigenvalue weighted by molar-refractivity contribution is -0.139. The summed E-state index contributed by atoms with van der Waals surface area (Å²) in [5.41, 5.74) is 0.776. The second-order valence-electron chi connectivity index (χ2n) is 5.27. The Balaban J connectivity index is 1.74. The third-order valence-electron chi connectivity index (χ3n) is 3.74. The summed E-state index contributed by atoms with van der Waals surface area (Å²) >= 11 is 0. The highest BCUT2D eigenvalue weighted by molar-refractivity contribution is 5.75. The van der Waals surface area contributed by atoms with Crippen LogP contribution in [-0.2, 0) is 9.53 Å². The monoisotopic (exact) mass is 277 g/mol. The first kappa shape index (κ1) is 15.0. The van der Waals surface area contributed by atoms with Crippen molar-refractivity contribution < 1.29 is 14.6 Å². The molecule has 1 aliphatic rings. The van der Waals surface area contributed by atoms with Gasteiger partial charge in [-0.25, -0.2) is 0 Å². The van der Waals surface area contributed by atoms with E-state index in [1.54, 1.807) is 0 Å². The molecule has 4 heteroatoms. The molecule has 0 aromatic heterocycles. The molecule has 2 rings (SSSR count). The van der Waals surface area contributed by atoms with Crippen molar-refractivity contribution in [2.75, 3.05) is 13.2 Å². The lowest BCUT2D eigenvalue weighted by Crippen LogP contribution is -2.32. The zero-order valence-electron chi connectivity index (χ0n) is 11.8. The number of carboxylic acids is 1. The minimum absolute atomic E-state index is 0.366. The van der Waals surface area contributed by atoms with Gasteiger partial charge in [-0.2, -0.15) is 0 Å². The minimum Gasteiger partial charge on any atom is -0.480 e. The van der Waals surface area contributed by atoms with E-state index >= 15 is 0 Å². The summed E-state index contributed by atoms with van der Waals surface area (Å²) in [5.74, 6) is -0.853. The van der Waals surface area contributed by atoms with Crippen molar-refractivity contribution in [1.82, 2.24) is 5.32 Å². The Hall–Kier alpha value is -1.39. The quantitative estimate of drug-likeness (QED) is 0.752. The molecule has 0 heterocycles. The van der Waals surface area contributed by atoms with E-state index in [2.05, 4.69) is 5.32 Å². The van der Waals surface area contributed by atoms with E-state index in [0.717, 1.165) is 18.4 Å². The molecular weight excluding hydrogens is 254 g/mol. The van der Waals surface area contributed by atoms with Crippen molar-refractivity contribution in [2.45, 2.75) is 44.2 Å². The van der Waals surface area contributed by atoms with Gasteiger partial charge in [0.15, 0.2) is 0 Å². The number of rotatable bonds is 7. The molecule has 0 spiro atoms. The summed E-state index contributed by atoms with van der Waals surface area (Å²) in [6.07, 6.45) is 6.46. The molecule has 1 aromatic carbocycles. The van der Waals surface area contributed by atoms with E-state index < -0.39 is 12.0 Å². The Bertz CT molecular complexity index is 401. The third-order valence-corrected chi connectivity index (χ3v) is 3.74. The lowest BCUT2D eigenvalue weighted by atomic mass is 9.98. The molecule has 0 aliphatic heterocycles. The van der Waals surface area contributed by atoms with Crippen molar-refractivity contribution in [3.63, 3.8) is 0 Å². The van der Waals surface area contributed by atoms with Crippen molar-refractivity contribution in [2.24, 2.45) is 0 Å². The SMILES string of the molecule is O=C(O)C(NCCOC1CCCCC1)c1ccccc1. The summed E-state index contributed by atoms with van der Waals surface area (Å²) in [5, 5.41) is 12.3. The van der Waals surface area contributed by atoms with Gasteiger partial charge in [0.05, 0.1) is 12.7 Å². The van der Waals surface area contributed by atoms with E-state index in [0.29, 0.717) is 19.3 Å². The molecule has 110 valence electrons. The molecule has 1 atom stereocenters. The van der Waals surface area contributed by atoms with Crippen LogP contribution in [-0.4, -0.2) is 30.3 Å². The zero-order chi connectivity index (χ0) is 14.2. The molecule has 0 radical (unpaired) electrons. The maximum Gasteiger partial charge on any atom is 0.325 e. The van der Waals surface area contributed by atoms with Crippen molar-refractivity contribution in [1.29, 1.82) is 0 Å². The van der Waals surface area contributed by atoms with Crippen LogP contribution in [0, 0.1) is 0 Å². The third kappa shape index (κ3) is 4.62. The van der Waals surface area contributed by atoms with Crippen molar-refractivity contribution >= 4 is 5.97 Å². The molecule has 20 heavy (non-hydrogen) atoms. The Kier molecular flexibility index (Phi) is 6.02. The predicted molar refractivity (Wildman–Crippen MR) is 77.6 cm³/mol. The summed E-state index contributed by atoms with van der Waals surface area (Å²) in [6, 6.07) is 8.58. The molecule has 0 amide bonds. The van der Waals surface area contributed by atoms with Crippen LogP contribution in [0.25, 0.3) is 0 Å². The molecule has 1 aliphatic carbocycles. The van der Waals surface area contributed by atoms with Crippen molar-refractivity contribution in [3.05, 3.63) is 35.9 Å². The van der Waals surface area contributed by atoms with Gasteiger partial charge in [-0.15, -0.1) is 0 Å². The van der Waals surface area contributed by atoms with Gasteiger partial charge in [-0.05, 0) is 18.4 Å². The fraction of sp³-hybridized carbons (Fsp3) is 0.562. The standard InChI is InChI=1S/C16H23NO3/c18-16(19)15(13-7-3-1-4-8-13)17-11-12-20-14-9-5-2-6-10-14/h1,3-4,7-8,14-15,17H,2,5-6,9-12H2,(H,18,19). The van der Waals surface area contributed by atoms with Crippen LogP contribution in [0.2, 0.25) is 0 Å². The van der Waals surface area contributed by atoms with E-state index in [9.17, 15) is 9.90 Å². The summed E-state index contributed by atoms with van der Waals surface area (Å²) in [7, 11) is 0. The number of nitrogens with one attached hydrogen (secondary N) is 1. The Morgan fingerprint density at radius 3 is 2.60 bits per heavy atom.